The van der Waals surface area contributed by atoms with Crippen LogP contribution in [0.5, 0.6) is 0 Å². The molecule has 2 aromatic rings. The number of rotatable bonds is 4. The minimum atomic E-state index is 0.516. The van der Waals surface area contributed by atoms with Crippen LogP contribution in [0.4, 0.5) is 5.69 Å². The lowest BCUT2D eigenvalue weighted by atomic mass is 10.0. The fourth-order valence-corrected chi connectivity index (χ4v) is 2.12. The molecule has 0 aliphatic heterocycles. The van der Waals surface area contributed by atoms with Crippen LogP contribution in [0.3, 0.4) is 0 Å². The average molecular weight is 284 g/mol. The Hall–Kier alpha value is -1.87. The minimum absolute atomic E-state index is 0.516. The molecular formula is C17H20N2S. The number of hydrogen-bond acceptors (Lipinski definition) is 1. The van der Waals surface area contributed by atoms with Gasteiger partial charge in [0.05, 0.1) is 0 Å². The third-order valence-corrected chi connectivity index (χ3v) is 3.35. The van der Waals surface area contributed by atoms with Crippen LogP contribution in [0.15, 0.2) is 54.6 Å². The molecule has 2 nitrogen and oxygen atoms in total. The molecule has 2 aromatic carbocycles. The highest BCUT2D eigenvalue weighted by atomic mass is 32.1. The van der Waals surface area contributed by atoms with Gasteiger partial charge in [-0.1, -0.05) is 56.3 Å². The maximum atomic E-state index is 5.32. The van der Waals surface area contributed by atoms with Gasteiger partial charge in [-0.15, -0.1) is 0 Å². The van der Waals surface area contributed by atoms with Gasteiger partial charge in [0.1, 0.15) is 0 Å². The van der Waals surface area contributed by atoms with Gasteiger partial charge in [0.15, 0.2) is 5.11 Å². The molecule has 2 rings (SSSR count). The van der Waals surface area contributed by atoms with Gasteiger partial charge in [-0.3, -0.25) is 0 Å². The summed E-state index contributed by atoms with van der Waals surface area (Å²) in [5.41, 5.74) is 3.55. The Balaban J connectivity index is 1.90. The Bertz CT molecular complexity index is 564. The second-order valence-corrected chi connectivity index (χ2v) is 5.48. The summed E-state index contributed by atoms with van der Waals surface area (Å²) < 4.78 is 0. The van der Waals surface area contributed by atoms with Gasteiger partial charge in [0.2, 0.25) is 0 Å². The summed E-state index contributed by atoms with van der Waals surface area (Å²) in [7, 11) is 0. The highest BCUT2D eigenvalue weighted by molar-refractivity contribution is 7.80. The fourth-order valence-electron chi connectivity index (χ4n) is 1.93. The largest absolute Gasteiger partial charge is 0.358 e. The predicted octanol–water partition coefficient (Wildman–Crippen LogP) is 4.30. The molecule has 2 N–H and O–H groups in total. The van der Waals surface area contributed by atoms with Crippen LogP contribution in [-0.4, -0.2) is 5.11 Å². The normalized spacial score (nSPS) is 10.3. The van der Waals surface area contributed by atoms with Gasteiger partial charge in [-0.25, -0.2) is 0 Å². The lowest BCUT2D eigenvalue weighted by molar-refractivity contribution is 0.867. The number of benzene rings is 2. The van der Waals surface area contributed by atoms with Crippen LogP contribution in [0.1, 0.15) is 30.9 Å². The van der Waals surface area contributed by atoms with Crippen molar-refractivity contribution < 1.29 is 0 Å². The van der Waals surface area contributed by atoms with E-state index in [9.17, 15) is 0 Å². The summed E-state index contributed by atoms with van der Waals surface area (Å²) in [6.45, 7) is 5.10. The van der Waals surface area contributed by atoms with Crippen molar-refractivity contribution in [2.75, 3.05) is 5.32 Å². The molecule has 0 aliphatic carbocycles. The first-order valence-electron chi connectivity index (χ1n) is 6.84. The number of hydrogen-bond donors (Lipinski definition) is 2. The Kier molecular flexibility index (Phi) is 5.13. The predicted molar refractivity (Wildman–Crippen MR) is 90.0 cm³/mol. The van der Waals surface area contributed by atoms with E-state index in [1.54, 1.807) is 0 Å². The summed E-state index contributed by atoms with van der Waals surface area (Å²) in [6, 6.07) is 18.6. The highest BCUT2D eigenvalue weighted by Gasteiger charge is 2.02. The van der Waals surface area contributed by atoms with Gasteiger partial charge in [0, 0.05) is 12.2 Å². The van der Waals surface area contributed by atoms with E-state index in [2.05, 4.69) is 54.8 Å². The third kappa shape index (κ3) is 4.35. The smallest absolute Gasteiger partial charge is 0.171 e. The van der Waals surface area contributed by atoms with E-state index < -0.39 is 0 Å². The summed E-state index contributed by atoms with van der Waals surface area (Å²) in [5, 5.41) is 7.09. The van der Waals surface area contributed by atoms with Crippen molar-refractivity contribution in [2.24, 2.45) is 0 Å². The molecule has 0 spiro atoms. The monoisotopic (exact) mass is 284 g/mol. The molecule has 0 heterocycles. The quantitative estimate of drug-likeness (QED) is 0.819. The van der Waals surface area contributed by atoms with Crippen LogP contribution < -0.4 is 10.6 Å². The zero-order valence-electron chi connectivity index (χ0n) is 11.9. The second kappa shape index (κ2) is 7.06. The first kappa shape index (κ1) is 14.5. The molecule has 0 fully saturated rings. The van der Waals surface area contributed by atoms with E-state index >= 15 is 0 Å². The Morgan fingerprint density at radius 2 is 1.80 bits per heavy atom. The summed E-state index contributed by atoms with van der Waals surface area (Å²) >= 11 is 5.32. The van der Waals surface area contributed by atoms with E-state index in [0.717, 1.165) is 12.2 Å². The van der Waals surface area contributed by atoms with Crippen LogP contribution in [0, 0.1) is 0 Å². The summed E-state index contributed by atoms with van der Waals surface area (Å²) in [4.78, 5) is 0. The molecule has 0 aliphatic rings. The van der Waals surface area contributed by atoms with Gasteiger partial charge >= 0.3 is 0 Å². The zero-order chi connectivity index (χ0) is 14.4. The molecule has 0 saturated heterocycles. The number of thiocarbonyl (C=S) groups is 1. The highest BCUT2D eigenvalue weighted by Crippen LogP contribution is 2.18. The molecule has 0 bridgehead atoms. The molecule has 0 aromatic heterocycles. The molecule has 0 amide bonds. The van der Waals surface area contributed by atoms with Gasteiger partial charge in [-0.05, 0) is 41.4 Å². The number of nitrogens with one attached hydrogen (secondary N) is 2. The second-order valence-electron chi connectivity index (χ2n) is 5.07. The summed E-state index contributed by atoms with van der Waals surface area (Å²) in [5.74, 6) is 0.516. The maximum absolute atomic E-state index is 5.32. The third-order valence-electron chi connectivity index (χ3n) is 3.11. The first-order valence-corrected chi connectivity index (χ1v) is 7.24. The zero-order valence-corrected chi connectivity index (χ0v) is 12.7. The van der Waals surface area contributed by atoms with Gasteiger partial charge < -0.3 is 10.6 Å². The van der Waals surface area contributed by atoms with E-state index in [4.69, 9.17) is 12.2 Å². The van der Waals surface area contributed by atoms with Crippen molar-refractivity contribution >= 4 is 23.0 Å². The van der Waals surface area contributed by atoms with E-state index in [1.807, 2.05) is 24.3 Å². The molecule has 104 valence electrons. The van der Waals surface area contributed by atoms with Crippen LogP contribution in [0.25, 0.3) is 0 Å². The first-order chi connectivity index (χ1) is 9.65. The molecule has 0 atom stereocenters. The van der Waals surface area contributed by atoms with Crippen molar-refractivity contribution in [3.05, 3.63) is 65.7 Å². The average Bonchev–Trinajstić information content (AvgIpc) is 2.46. The molecule has 3 heteroatoms. The molecular weight excluding hydrogens is 264 g/mol. The van der Waals surface area contributed by atoms with Crippen molar-refractivity contribution in [3.63, 3.8) is 0 Å². The lowest BCUT2D eigenvalue weighted by Gasteiger charge is -2.12. The van der Waals surface area contributed by atoms with Crippen molar-refractivity contribution in [1.82, 2.24) is 5.32 Å². The van der Waals surface area contributed by atoms with E-state index in [0.29, 0.717) is 11.0 Å². The Morgan fingerprint density at radius 3 is 2.50 bits per heavy atom. The molecule has 20 heavy (non-hydrogen) atoms. The van der Waals surface area contributed by atoms with Crippen molar-refractivity contribution in [3.8, 4) is 0 Å². The van der Waals surface area contributed by atoms with Crippen molar-refractivity contribution in [1.29, 1.82) is 0 Å². The molecule has 0 radical (unpaired) electrons. The Labute approximate surface area is 126 Å². The topological polar surface area (TPSA) is 24.1 Å². The maximum Gasteiger partial charge on any atom is 0.171 e. The van der Waals surface area contributed by atoms with Crippen LogP contribution >= 0.6 is 12.2 Å². The Morgan fingerprint density at radius 1 is 1.05 bits per heavy atom. The van der Waals surface area contributed by atoms with Crippen LogP contribution in [0.2, 0.25) is 0 Å². The van der Waals surface area contributed by atoms with Crippen LogP contribution in [-0.2, 0) is 6.54 Å². The van der Waals surface area contributed by atoms with Gasteiger partial charge in [0.25, 0.3) is 0 Å². The van der Waals surface area contributed by atoms with E-state index in [1.165, 1.54) is 11.1 Å². The lowest BCUT2D eigenvalue weighted by Crippen LogP contribution is -2.27. The summed E-state index contributed by atoms with van der Waals surface area (Å²) in [6.07, 6.45) is 0. The van der Waals surface area contributed by atoms with Crippen molar-refractivity contribution in [2.45, 2.75) is 26.3 Å². The molecule has 0 unspecified atom stereocenters. The number of anilines is 1. The minimum Gasteiger partial charge on any atom is -0.358 e. The van der Waals surface area contributed by atoms with E-state index in [-0.39, 0.29) is 0 Å². The molecule has 0 saturated carbocycles. The standard InChI is InChI=1S/C17H20N2S/c1-13(2)15-9-6-10-16(11-15)19-17(20)18-12-14-7-4-3-5-8-14/h3-11,13H,12H2,1-2H3,(H2,18,19,20). The fraction of sp³-hybridized carbons (Fsp3) is 0.235. The SMILES string of the molecule is CC(C)c1cccc(NC(=S)NCc2ccccc2)c1. The van der Waals surface area contributed by atoms with Gasteiger partial charge in [-0.2, -0.15) is 0 Å².